The molecule has 0 aliphatic carbocycles. The lowest BCUT2D eigenvalue weighted by Crippen LogP contribution is -2.49. The summed E-state index contributed by atoms with van der Waals surface area (Å²) < 4.78 is 48.4. The van der Waals surface area contributed by atoms with Gasteiger partial charge in [-0.15, -0.1) is 0 Å². The Kier molecular flexibility index (Phi) is 4.09. The van der Waals surface area contributed by atoms with E-state index in [1.165, 1.54) is 7.11 Å². The molecule has 2 heterocycles. The van der Waals surface area contributed by atoms with E-state index in [0.717, 1.165) is 12.5 Å². The van der Waals surface area contributed by atoms with Gasteiger partial charge in [-0.3, -0.25) is 4.79 Å². The summed E-state index contributed by atoms with van der Waals surface area (Å²) in [5.41, 5.74) is 1.55. The van der Waals surface area contributed by atoms with Gasteiger partial charge in [0.15, 0.2) is 6.04 Å². The third-order valence-electron chi connectivity index (χ3n) is 4.26. The maximum absolute atomic E-state index is 12.9. The number of carbonyl (C=O) groups excluding carboxylic acids is 2. The van der Waals surface area contributed by atoms with Gasteiger partial charge in [-0.25, -0.2) is 4.79 Å². The highest BCUT2D eigenvalue weighted by atomic mass is 19.4. The van der Waals surface area contributed by atoms with E-state index < -0.39 is 24.1 Å². The number of nitrogens with zero attached hydrogens (tertiary/aromatic N) is 1. The summed E-state index contributed by atoms with van der Waals surface area (Å²) in [6.45, 7) is -0.241. The molecule has 0 saturated heterocycles. The number of benzene rings is 1. The molecule has 1 aliphatic heterocycles. The molecule has 134 valence electrons. The van der Waals surface area contributed by atoms with Crippen molar-refractivity contribution >= 4 is 22.8 Å². The predicted molar refractivity (Wildman–Crippen MR) is 81.1 cm³/mol. The molecular weight excluding hydrogens is 341 g/mol. The lowest BCUT2D eigenvalue weighted by molar-refractivity contribution is -0.191. The Morgan fingerprint density at radius 2 is 2.00 bits per heavy atom. The van der Waals surface area contributed by atoms with E-state index in [9.17, 15) is 22.8 Å². The van der Waals surface area contributed by atoms with Crippen LogP contribution in [0, 0.1) is 0 Å². The van der Waals surface area contributed by atoms with Crippen molar-refractivity contribution in [2.24, 2.45) is 0 Å². The molecule has 6 nitrogen and oxygen atoms in total. The number of halogens is 3. The fraction of sp³-hybridized carbons (Fsp3) is 0.375. The molecule has 1 amide bonds. The standard InChI is InChI=1S/C16H15F3N2O4/c1-24-8-3-4-11-10(7-8)9-5-6-21(15(23)16(17,18)19)13(12(9)20-11)14(22)25-2/h3-4,7,13,20H,5-6H2,1-2H3. The Morgan fingerprint density at radius 1 is 1.28 bits per heavy atom. The minimum Gasteiger partial charge on any atom is -0.497 e. The van der Waals surface area contributed by atoms with E-state index in [0.29, 0.717) is 21.7 Å². The lowest BCUT2D eigenvalue weighted by atomic mass is 9.97. The first kappa shape index (κ1) is 17.1. The average molecular weight is 356 g/mol. The van der Waals surface area contributed by atoms with Crippen molar-refractivity contribution < 1.29 is 32.2 Å². The number of ether oxygens (including phenoxy) is 2. The molecule has 2 aromatic rings. The fourth-order valence-corrected chi connectivity index (χ4v) is 3.13. The van der Waals surface area contributed by atoms with E-state index in [2.05, 4.69) is 9.72 Å². The van der Waals surface area contributed by atoms with Crippen LogP contribution in [-0.4, -0.2) is 48.7 Å². The fourth-order valence-electron chi connectivity index (χ4n) is 3.13. The third kappa shape index (κ3) is 2.79. The average Bonchev–Trinajstić information content (AvgIpc) is 2.96. The molecule has 9 heteroatoms. The molecule has 1 aromatic heterocycles. The minimum absolute atomic E-state index is 0.178. The number of fused-ring (bicyclic) bond motifs is 3. The van der Waals surface area contributed by atoms with Gasteiger partial charge in [0.1, 0.15) is 5.75 Å². The zero-order valence-corrected chi connectivity index (χ0v) is 13.4. The second kappa shape index (κ2) is 5.98. The lowest BCUT2D eigenvalue weighted by Gasteiger charge is -2.34. The van der Waals surface area contributed by atoms with Crippen molar-refractivity contribution in [3.63, 3.8) is 0 Å². The van der Waals surface area contributed by atoms with E-state index in [4.69, 9.17) is 4.74 Å². The van der Waals surface area contributed by atoms with E-state index in [-0.39, 0.29) is 18.7 Å². The summed E-state index contributed by atoms with van der Waals surface area (Å²) in [4.78, 5) is 27.3. The largest absolute Gasteiger partial charge is 0.497 e. The van der Waals surface area contributed by atoms with Crippen LogP contribution in [0.5, 0.6) is 5.75 Å². The summed E-state index contributed by atoms with van der Waals surface area (Å²) >= 11 is 0. The van der Waals surface area contributed by atoms with Crippen LogP contribution < -0.4 is 4.74 Å². The van der Waals surface area contributed by atoms with Crippen molar-refractivity contribution in [2.75, 3.05) is 20.8 Å². The van der Waals surface area contributed by atoms with Gasteiger partial charge < -0.3 is 19.4 Å². The zero-order chi connectivity index (χ0) is 18.4. The summed E-state index contributed by atoms with van der Waals surface area (Å²) in [5.74, 6) is -2.42. The van der Waals surface area contributed by atoms with Crippen LogP contribution in [0.2, 0.25) is 0 Å². The third-order valence-corrected chi connectivity index (χ3v) is 4.26. The first-order chi connectivity index (χ1) is 11.8. The number of H-pyrrole nitrogens is 1. The highest BCUT2D eigenvalue weighted by Gasteiger charge is 2.49. The molecule has 1 unspecified atom stereocenters. The summed E-state index contributed by atoms with van der Waals surface area (Å²) in [6.07, 6.45) is -4.89. The number of carbonyl (C=O) groups is 2. The smallest absolute Gasteiger partial charge is 0.471 e. The van der Waals surface area contributed by atoms with Crippen molar-refractivity contribution in [3.05, 3.63) is 29.5 Å². The number of aromatic nitrogens is 1. The molecule has 0 saturated carbocycles. The van der Waals surface area contributed by atoms with E-state index in [1.54, 1.807) is 18.2 Å². The Hall–Kier alpha value is -2.71. The number of nitrogens with one attached hydrogen (secondary N) is 1. The highest BCUT2D eigenvalue weighted by molar-refractivity contribution is 5.93. The molecule has 1 atom stereocenters. The summed E-state index contributed by atoms with van der Waals surface area (Å²) in [5, 5.41) is 0.738. The van der Waals surface area contributed by atoms with Crippen LogP contribution in [0.15, 0.2) is 18.2 Å². The highest BCUT2D eigenvalue weighted by Crippen LogP contribution is 2.38. The first-order valence-corrected chi connectivity index (χ1v) is 7.42. The van der Waals surface area contributed by atoms with Gasteiger partial charge >= 0.3 is 18.1 Å². The van der Waals surface area contributed by atoms with Crippen LogP contribution in [0.25, 0.3) is 10.9 Å². The molecule has 1 N–H and O–H groups in total. The van der Waals surface area contributed by atoms with Gasteiger partial charge in [-0.05, 0) is 30.2 Å². The monoisotopic (exact) mass is 356 g/mol. The molecule has 1 aromatic carbocycles. The number of alkyl halides is 3. The number of hydrogen-bond donors (Lipinski definition) is 1. The van der Waals surface area contributed by atoms with E-state index >= 15 is 0 Å². The number of hydrogen-bond acceptors (Lipinski definition) is 4. The first-order valence-electron chi connectivity index (χ1n) is 7.42. The van der Waals surface area contributed by atoms with Gasteiger partial charge in [0.25, 0.3) is 0 Å². The number of esters is 1. The van der Waals surface area contributed by atoms with Crippen molar-refractivity contribution in [1.82, 2.24) is 9.88 Å². The second-order valence-electron chi connectivity index (χ2n) is 5.60. The van der Waals surface area contributed by atoms with Crippen molar-refractivity contribution in [2.45, 2.75) is 18.6 Å². The van der Waals surface area contributed by atoms with Crippen LogP contribution >= 0.6 is 0 Å². The molecule has 1 aliphatic rings. The number of amides is 1. The molecule has 0 fully saturated rings. The van der Waals surface area contributed by atoms with Crippen molar-refractivity contribution in [1.29, 1.82) is 0 Å². The number of rotatable bonds is 2. The Morgan fingerprint density at radius 3 is 2.60 bits per heavy atom. The van der Waals surface area contributed by atoms with Gasteiger partial charge in [-0.2, -0.15) is 13.2 Å². The Labute approximate surface area is 140 Å². The molecule has 0 spiro atoms. The normalized spacial score (nSPS) is 17.3. The Bertz CT molecular complexity index is 844. The van der Waals surface area contributed by atoms with Crippen LogP contribution in [0.1, 0.15) is 17.3 Å². The molecular formula is C16H15F3N2O4. The van der Waals surface area contributed by atoms with Gasteiger partial charge in [0.2, 0.25) is 0 Å². The van der Waals surface area contributed by atoms with Gasteiger partial charge in [0.05, 0.1) is 19.9 Å². The molecule has 0 bridgehead atoms. The van der Waals surface area contributed by atoms with Crippen LogP contribution in [-0.2, 0) is 20.7 Å². The van der Waals surface area contributed by atoms with Crippen LogP contribution in [0.4, 0.5) is 13.2 Å². The maximum Gasteiger partial charge on any atom is 0.471 e. The second-order valence-corrected chi connectivity index (χ2v) is 5.60. The SMILES string of the molecule is COC(=O)C1c2[nH]c3ccc(OC)cc3c2CCN1C(=O)C(F)(F)F. The number of methoxy groups -OCH3 is 2. The predicted octanol–water partition coefficient (Wildman–Crippen LogP) is 2.34. The zero-order valence-electron chi connectivity index (χ0n) is 13.4. The Balaban J connectivity index is 2.14. The van der Waals surface area contributed by atoms with E-state index in [1.807, 2.05) is 0 Å². The minimum atomic E-state index is -5.07. The summed E-state index contributed by atoms with van der Waals surface area (Å²) in [6, 6.07) is 3.66. The quantitative estimate of drug-likeness (QED) is 0.839. The maximum atomic E-state index is 12.9. The molecule has 25 heavy (non-hydrogen) atoms. The van der Waals surface area contributed by atoms with Gasteiger partial charge in [0, 0.05) is 17.4 Å². The topological polar surface area (TPSA) is 71.6 Å². The van der Waals surface area contributed by atoms with Gasteiger partial charge in [-0.1, -0.05) is 0 Å². The van der Waals surface area contributed by atoms with Crippen LogP contribution in [0.3, 0.4) is 0 Å². The van der Waals surface area contributed by atoms with Crippen molar-refractivity contribution in [3.8, 4) is 5.75 Å². The summed E-state index contributed by atoms with van der Waals surface area (Å²) in [7, 11) is 2.57. The molecule has 0 radical (unpaired) electrons. The number of aromatic amines is 1. The molecule has 3 rings (SSSR count).